The van der Waals surface area contributed by atoms with Gasteiger partial charge in [-0.25, -0.2) is 14.8 Å². The molecule has 1 aromatic heterocycles. The number of carbonyl (C=O) groups excluding carboxylic acids is 1. The Kier molecular flexibility index (Phi) is 4.53. The third kappa shape index (κ3) is 3.58. The van der Waals surface area contributed by atoms with Gasteiger partial charge in [-0.2, -0.15) is 5.10 Å². The van der Waals surface area contributed by atoms with Crippen molar-refractivity contribution >= 4 is 34.6 Å². The minimum Gasteiger partial charge on any atom is -0.267 e. The molecule has 0 fully saturated rings. The number of aryl methyl sites for hydroxylation is 1. The lowest BCUT2D eigenvalue weighted by molar-refractivity contribution is 0.0955. The number of hydrogen-bond donors (Lipinski definition) is 1. The number of halogens is 2. The summed E-state index contributed by atoms with van der Waals surface area (Å²) in [6.45, 7) is 1.98. The van der Waals surface area contributed by atoms with Crippen LogP contribution < -0.4 is 5.43 Å². The van der Waals surface area contributed by atoms with Gasteiger partial charge in [0.15, 0.2) is 0 Å². The topological polar surface area (TPSA) is 54.4 Å². The van der Waals surface area contributed by atoms with E-state index in [2.05, 4.69) is 15.5 Å². The molecular formula is C18H13ClFN3O. The molecule has 0 radical (unpaired) electrons. The van der Waals surface area contributed by atoms with E-state index in [-0.39, 0.29) is 0 Å². The molecule has 0 unspecified atom stereocenters. The van der Waals surface area contributed by atoms with Crippen LogP contribution in [0, 0.1) is 12.7 Å². The zero-order valence-electron chi connectivity index (χ0n) is 12.8. The molecule has 0 atom stereocenters. The number of rotatable bonds is 3. The highest BCUT2D eigenvalue weighted by molar-refractivity contribution is 6.32. The van der Waals surface area contributed by atoms with Crippen molar-refractivity contribution in [3.63, 3.8) is 0 Å². The molecule has 0 aliphatic carbocycles. The van der Waals surface area contributed by atoms with Crippen LogP contribution in [0.25, 0.3) is 10.9 Å². The minimum atomic E-state index is -0.438. The van der Waals surface area contributed by atoms with Gasteiger partial charge < -0.3 is 0 Å². The molecule has 3 aromatic rings. The van der Waals surface area contributed by atoms with E-state index in [0.717, 1.165) is 16.5 Å². The van der Waals surface area contributed by atoms with Crippen molar-refractivity contribution in [2.45, 2.75) is 6.92 Å². The van der Waals surface area contributed by atoms with Gasteiger partial charge in [0.1, 0.15) is 11.0 Å². The first-order valence-corrected chi connectivity index (χ1v) is 7.56. The number of nitrogens with zero attached hydrogens (tertiary/aromatic N) is 2. The van der Waals surface area contributed by atoms with Crippen molar-refractivity contribution in [2.24, 2.45) is 5.10 Å². The van der Waals surface area contributed by atoms with E-state index in [1.807, 2.05) is 31.2 Å². The van der Waals surface area contributed by atoms with E-state index in [1.54, 1.807) is 0 Å². The Hall–Kier alpha value is -2.79. The van der Waals surface area contributed by atoms with E-state index in [9.17, 15) is 9.18 Å². The van der Waals surface area contributed by atoms with Crippen molar-refractivity contribution in [3.05, 3.63) is 76.2 Å². The molecule has 0 aliphatic rings. The lowest BCUT2D eigenvalue weighted by atomic mass is 10.1. The number of aromatic nitrogens is 1. The smallest absolute Gasteiger partial charge is 0.267 e. The van der Waals surface area contributed by atoms with E-state index >= 15 is 0 Å². The number of pyridine rings is 1. The fourth-order valence-electron chi connectivity index (χ4n) is 2.19. The predicted octanol–water partition coefficient (Wildman–Crippen LogP) is 4.10. The van der Waals surface area contributed by atoms with Crippen molar-refractivity contribution in [1.29, 1.82) is 0 Å². The second-order valence-corrected chi connectivity index (χ2v) is 5.63. The van der Waals surface area contributed by atoms with Gasteiger partial charge in [0.05, 0.1) is 11.7 Å². The molecule has 2 aromatic carbocycles. The van der Waals surface area contributed by atoms with Gasteiger partial charge in [0.25, 0.3) is 5.91 Å². The molecule has 1 heterocycles. The molecule has 0 saturated carbocycles. The number of hydrogen-bond acceptors (Lipinski definition) is 3. The van der Waals surface area contributed by atoms with Gasteiger partial charge >= 0.3 is 0 Å². The highest BCUT2D eigenvalue weighted by Crippen LogP contribution is 2.20. The Morgan fingerprint density at radius 2 is 1.96 bits per heavy atom. The average molecular weight is 342 g/mol. The van der Waals surface area contributed by atoms with Crippen LogP contribution in [0.4, 0.5) is 4.39 Å². The SMILES string of the molecule is Cc1ccc2cc(C=NNC(=O)c3ccc(F)cc3)c(Cl)nc2c1. The summed E-state index contributed by atoms with van der Waals surface area (Å²) >= 11 is 6.15. The Bertz CT molecular complexity index is 939. The Morgan fingerprint density at radius 3 is 2.71 bits per heavy atom. The van der Waals surface area contributed by atoms with Gasteiger partial charge in [0, 0.05) is 16.5 Å². The van der Waals surface area contributed by atoms with E-state index < -0.39 is 11.7 Å². The van der Waals surface area contributed by atoms with Gasteiger partial charge in [-0.3, -0.25) is 4.79 Å². The summed E-state index contributed by atoms with van der Waals surface area (Å²) in [6.07, 6.45) is 1.43. The molecule has 4 nitrogen and oxygen atoms in total. The van der Waals surface area contributed by atoms with Gasteiger partial charge in [-0.1, -0.05) is 23.7 Å². The minimum absolute atomic E-state index is 0.299. The third-order valence-electron chi connectivity index (χ3n) is 3.43. The van der Waals surface area contributed by atoms with Crippen molar-refractivity contribution in [3.8, 4) is 0 Å². The third-order valence-corrected chi connectivity index (χ3v) is 3.73. The van der Waals surface area contributed by atoms with E-state index in [4.69, 9.17) is 11.6 Å². The molecule has 6 heteroatoms. The van der Waals surface area contributed by atoms with Gasteiger partial charge in [-0.15, -0.1) is 0 Å². The first-order valence-electron chi connectivity index (χ1n) is 7.19. The number of nitrogens with one attached hydrogen (secondary N) is 1. The maximum absolute atomic E-state index is 12.8. The summed E-state index contributed by atoms with van der Waals surface area (Å²) in [5.41, 5.74) is 5.17. The number of hydrazone groups is 1. The Balaban J connectivity index is 1.77. The van der Waals surface area contributed by atoms with Crippen molar-refractivity contribution in [2.75, 3.05) is 0 Å². The maximum Gasteiger partial charge on any atom is 0.271 e. The monoisotopic (exact) mass is 341 g/mol. The maximum atomic E-state index is 12.8. The summed E-state index contributed by atoms with van der Waals surface area (Å²) < 4.78 is 12.8. The summed E-state index contributed by atoms with van der Waals surface area (Å²) in [5, 5.41) is 5.11. The summed E-state index contributed by atoms with van der Waals surface area (Å²) in [7, 11) is 0. The first-order chi connectivity index (χ1) is 11.5. The van der Waals surface area contributed by atoms with Crippen LogP contribution in [0.1, 0.15) is 21.5 Å². The molecule has 24 heavy (non-hydrogen) atoms. The van der Waals surface area contributed by atoms with E-state index in [0.29, 0.717) is 16.3 Å². The molecule has 1 amide bonds. The lowest BCUT2D eigenvalue weighted by Crippen LogP contribution is -2.17. The number of benzene rings is 2. The Labute approximate surface area is 143 Å². The van der Waals surface area contributed by atoms with Gasteiger partial charge in [-0.05, 0) is 48.9 Å². The zero-order valence-corrected chi connectivity index (χ0v) is 13.5. The molecule has 3 rings (SSSR count). The number of carbonyl (C=O) groups is 1. The normalized spacial score (nSPS) is 11.1. The largest absolute Gasteiger partial charge is 0.271 e. The molecule has 1 N–H and O–H groups in total. The van der Waals surface area contributed by atoms with Crippen LogP contribution in [0.3, 0.4) is 0 Å². The number of amides is 1. The Morgan fingerprint density at radius 1 is 1.21 bits per heavy atom. The molecule has 0 saturated heterocycles. The average Bonchev–Trinajstić information content (AvgIpc) is 2.56. The highest BCUT2D eigenvalue weighted by Gasteiger charge is 2.05. The zero-order chi connectivity index (χ0) is 17.1. The molecule has 0 aliphatic heterocycles. The molecule has 0 spiro atoms. The molecular weight excluding hydrogens is 329 g/mol. The standard InChI is InChI=1S/C18H13ClFN3O/c1-11-2-3-13-9-14(17(19)22-16(13)8-11)10-21-23-18(24)12-4-6-15(20)7-5-12/h2-10H,1H3,(H,23,24). The second-order valence-electron chi connectivity index (χ2n) is 5.27. The van der Waals surface area contributed by atoms with Crippen LogP contribution in [-0.2, 0) is 0 Å². The fourth-order valence-corrected chi connectivity index (χ4v) is 2.38. The summed E-state index contributed by atoms with van der Waals surface area (Å²) in [4.78, 5) is 16.2. The fraction of sp³-hybridized carbons (Fsp3) is 0.0556. The highest BCUT2D eigenvalue weighted by atomic mass is 35.5. The second kappa shape index (κ2) is 6.76. The van der Waals surface area contributed by atoms with Gasteiger partial charge in [0.2, 0.25) is 0 Å². The molecule has 0 bridgehead atoms. The quantitative estimate of drug-likeness (QED) is 0.443. The lowest BCUT2D eigenvalue weighted by Gasteiger charge is -2.03. The van der Waals surface area contributed by atoms with Crippen LogP contribution in [0.2, 0.25) is 5.15 Å². The van der Waals surface area contributed by atoms with E-state index in [1.165, 1.54) is 30.5 Å². The number of fused-ring (bicyclic) bond motifs is 1. The van der Waals surface area contributed by atoms with Crippen LogP contribution >= 0.6 is 11.6 Å². The molecule has 120 valence electrons. The van der Waals surface area contributed by atoms with Crippen LogP contribution in [-0.4, -0.2) is 17.1 Å². The van der Waals surface area contributed by atoms with Crippen LogP contribution in [0.15, 0.2) is 53.6 Å². The summed E-state index contributed by atoms with van der Waals surface area (Å²) in [6, 6.07) is 12.9. The van der Waals surface area contributed by atoms with Crippen LogP contribution in [0.5, 0.6) is 0 Å². The first kappa shape index (κ1) is 16.1. The van der Waals surface area contributed by atoms with Crippen molar-refractivity contribution < 1.29 is 9.18 Å². The summed E-state index contributed by atoms with van der Waals surface area (Å²) in [5.74, 6) is -0.842. The van der Waals surface area contributed by atoms with Crippen molar-refractivity contribution in [1.82, 2.24) is 10.4 Å². The predicted molar refractivity (Wildman–Crippen MR) is 93.0 cm³/mol.